The van der Waals surface area contributed by atoms with E-state index in [2.05, 4.69) is 5.32 Å². The average Bonchev–Trinajstić information content (AvgIpc) is 2.08. The Morgan fingerprint density at radius 1 is 1.14 bits per heavy atom. The van der Waals surface area contributed by atoms with Gasteiger partial charge in [-0.1, -0.05) is 6.42 Å². The van der Waals surface area contributed by atoms with Gasteiger partial charge >= 0.3 is 0 Å². The molecule has 0 aromatic carbocycles. The van der Waals surface area contributed by atoms with Crippen LogP contribution in [0.1, 0.15) is 19.3 Å². The monoisotopic (exact) mass is 223 g/mol. The SMILES string of the molecule is COCCNCCCCCS(C)(=O)=O. The first-order valence-electron chi connectivity index (χ1n) is 4.93. The Bertz CT molecular complexity index is 214. The fourth-order valence-electron chi connectivity index (χ4n) is 1.09. The molecule has 14 heavy (non-hydrogen) atoms. The maximum atomic E-state index is 10.8. The van der Waals surface area contributed by atoms with Crippen LogP contribution >= 0.6 is 0 Å². The van der Waals surface area contributed by atoms with E-state index in [4.69, 9.17) is 4.74 Å². The highest BCUT2D eigenvalue weighted by atomic mass is 32.2. The molecule has 4 nitrogen and oxygen atoms in total. The van der Waals surface area contributed by atoms with E-state index in [9.17, 15) is 8.42 Å². The lowest BCUT2D eigenvalue weighted by atomic mass is 10.2. The second-order valence-electron chi connectivity index (χ2n) is 3.43. The molecule has 0 fully saturated rings. The predicted octanol–water partition coefficient (Wildman–Crippen LogP) is 0.437. The summed E-state index contributed by atoms with van der Waals surface area (Å²) in [6.07, 6.45) is 4.04. The first kappa shape index (κ1) is 13.9. The molecule has 0 bridgehead atoms. The van der Waals surface area contributed by atoms with Crippen molar-refractivity contribution < 1.29 is 13.2 Å². The van der Waals surface area contributed by atoms with E-state index < -0.39 is 9.84 Å². The zero-order valence-corrected chi connectivity index (χ0v) is 9.90. The highest BCUT2D eigenvalue weighted by molar-refractivity contribution is 7.90. The van der Waals surface area contributed by atoms with E-state index in [-0.39, 0.29) is 0 Å². The Labute approximate surface area is 86.9 Å². The fourth-order valence-corrected chi connectivity index (χ4v) is 1.82. The van der Waals surface area contributed by atoms with E-state index in [1.54, 1.807) is 7.11 Å². The number of unbranched alkanes of at least 4 members (excludes halogenated alkanes) is 2. The molecule has 0 unspecified atom stereocenters. The molecule has 0 heterocycles. The van der Waals surface area contributed by atoms with Crippen molar-refractivity contribution in [2.24, 2.45) is 0 Å². The number of ether oxygens (including phenoxy) is 1. The van der Waals surface area contributed by atoms with Gasteiger partial charge in [0.2, 0.25) is 0 Å². The maximum absolute atomic E-state index is 10.8. The third kappa shape index (κ3) is 11.9. The summed E-state index contributed by atoms with van der Waals surface area (Å²) in [4.78, 5) is 0. The highest BCUT2D eigenvalue weighted by Crippen LogP contribution is 1.97. The van der Waals surface area contributed by atoms with E-state index in [0.717, 1.165) is 39.0 Å². The molecule has 0 aliphatic heterocycles. The second kappa shape index (κ2) is 8.20. The minimum atomic E-state index is -2.77. The molecule has 5 heteroatoms. The van der Waals surface area contributed by atoms with Crippen molar-refractivity contribution in [3.63, 3.8) is 0 Å². The first-order chi connectivity index (χ1) is 6.56. The van der Waals surface area contributed by atoms with Crippen LogP contribution in [-0.2, 0) is 14.6 Å². The van der Waals surface area contributed by atoms with Gasteiger partial charge in [-0.25, -0.2) is 8.42 Å². The van der Waals surface area contributed by atoms with Gasteiger partial charge in [-0.3, -0.25) is 0 Å². The second-order valence-corrected chi connectivity index (χ2v) is 5.69. The van der Waals surface area contributed by atoms with Gasteiger partial charge in [0, 0.05) is 25.7 Å². The summed E-state index contributed by atoms with van der Waals surface area (Å²) < 4.78 is 26.4. The molecule has 0 radical (unpaired) electrons. The number of sulfone groups is 1. The van der Waals surface area contributed by atoms with Crippen LogP contribution in [0, 0.1) is 0 Å². The van der Waals surface area contributed by atoms with Crippen molar-refractivity contribution in [3.05, 3.63) is 0 Å². The highest BCUT2D eigenvalue weighted by Gasteiger charge is 2.00. The normalized spacial score (nSPS) is 11.9. The molecule has 1 N–H and O–H groups in total. The minimum Gasteiger partial charge on any atom is -0.383 e. The fraction of sp³-hybridized carbons (Fsp3) is 1.00. The van der Waals surface area contributed by atoms with Crippen molar-refractivity contribution in [3.8, 4) is 0 Å². The van der Waals surface area contributed by atoms with Gasteiger partial charge in [-0.15, -0.1) is 0 Å². The van der Waals surface area contributed by atoms with Crippen LogP contribution in [0.5, 0.6) is 0 Å². The molecule has 86 valence electrons. The van der Waals surface area contributed by atoms with Crippen molar-refractivity contribution in [1.82, 2.24) is 5.32 Å². The summed E-state index contributed by atoms with van der Waals surface area (Å²) >= 11 is 0. The average molecular weight is 223 g/mol. The van der Waals surface area contributed by atoms with Crippen LogP contribution in [0.25, 0.3) is 0 Å². The summed E-state index contributed by atoms with van der Waals surface area (Å²) in [7, 11) is -1.09. The minimum absolute atomic E-state index is 0.311. The molecule has 0 aliphatic carbocycles. The van der Waals surface area contributed by atoms with Gasteiger partial charge in [0.05, 0.1) is 6.61 Å². The smallest absolute Gasteiger partial charge is 0.147 e. The van der Waals surface area contributed by atoms with Gasteiger partial charge in [0.15, 0.2) is 0 Å². The lowest BCUT2D eigenvalue weighted by Crippen LogP contribution is -2.20. The summed E-state index contributed by atoms with van der Waals surface area (Å²) in [5.41, 5.74) is 0. The van der Waals surface area contributed by atoms with Crippen molar-refractivity contribution in [1.29, 1.82) is 0 Å². The van der Waals surface area contributed by atoms with Crippen LogP contribution < -0.4 is 5.32 Å². The molecule has 0 saturated heterocycles. The third-order valence-electron chi connectivity index (χ3n) is 1.85. The molecule has 0 amide bonds. The summed E-state index contributed by atoms with van der Waals surface area (Å²) in [6.45, 7) is 2.53. The Kier molecular flexibility index (Phi) is 8.12. The zero-order chi connectivity index (χ0) is 10.9. The molecule has 0 aliphatic rings. The van der Waals surface area contributed by atoms with E-state index in [0.29, 0.717) is 5.75 Å². The third-order valence-corrected chi connectivity index (χ3v) is 2.88. The number of hydrogen-bond acceptors (Lipinski definition) is 4. The van der Waals surface area contributed by atoms with Crippen LogP contribution in [0.2, 0.25) is 0 Å². The molecule has 0 saturated carbocycles. The largest absolute Gasteiger partial charge is 0.383 e. The Hall–Kier alpha value is -0.130. The van der Waals surface area contributed by atoms with Gasteiger partial charge < -0.3 is 10.1 Å². The van der Waals surface area contributed by atoms with E-state index >= 15 is 0 Å². The maximum Gasteiger partial charge on any atom is 0.147 e. The molecular weight excluding hydrogens is 202 g/mol. The summed E-state index contributed by atoms with van der Waals surface area (Å²) in [5.74, 6) is 0.311. The summed E-state index contributed by atoms with van der Waals surface area (Å²) in [6, 6.07) is 0. The lowest BCUT2D eigenvalue weighted by Gasteiger charge is -2.03. The van der Waals surface area contributed by atoms with Gasteiger partial charge in [-0.2, -0.15) is 0 Å². The number of rotatable bonds is 9. The molecule has 0 aromatic heterocycles. The van der Waals surface area contributed by atoms with Crippen LogP contribution in [0.3, 0.4) is 0 Å². The van der Waals surface area contributed by atoms with Crippen molar-refractivity contribution >= 4 is 9.84 Å². The molecular formula is C9H21NO3S. The Morgan fingerprint density at radius 2 is 1.86 bits per heavy atom. The Morgan fingerprint density at radius 3 is 2.43 bits per heavy atom. The Balaban J connectivity index is 3.07. The molecule has 0 atom stereocenters. The topological polar surface area (TPSA) is 55.4 Å². The quantitative estimate of drug-likeness (QED) is 0.576. The molecule has 0 aromatic rings. The van der Waals surface area contributed by atoms with Crippen LogP contribution in [-0.4, -0.2) is 47.2 Å². The van der Waals surface area contributed by atoms with E-state index in [1.165, 1.54) is 6.26 Å². The van der Waals surface area contributed by atoms with Gasteiger partial charge in [0.1, 0.15) is 9.84 Å². The number of methoxy groups -OCH3 is 1. The molecule has 0 spiro atoms. The zero-order valence-electron chi connectivity index (χ0n) is 9.08. The van der Waals surface area contributed by atoms with E-state index in [1.807, 2.05) is 0 Å². The van der Waals surface area contributed by atoms with Crippen molar-refractivity contribution in [2.75, 3.05) is 38.8 Å². The number of hydrogen-bond donors (Lipinski definition) is 1. The number of nitrogens with one attached hydrogen (secondary N) is 1. The summed E-state index contributed by atoms with van der Waals surface area (Å²) in [5, 5.41) is 3.21. The van der Waals surface area contributed by atoms with Crippen LogP contribution in [0.15, 0.2) is 0 Å². The predicted molar refractivity (Wildman–Crippen MR) is 58.3 cm³/mol. The van der Waals surface area contributed by atoms with Gasteiger partial charge in [0.25, 0.3) is 0 Å². The van der Waals surface area contributed by atoms with Crippen LogP contribution in [0.4, 0.5) is 0 Å². The first-order valence-corrected chi connectivity index (χ1v) is 6.99. The standard InChI is InChI=1S/C9H21NO3S/c1-13-8-7-10-6-4-3-5-9-14(2,11)12/h10H,3-9H2,1-2H3. The van der Waals surface area contributed by atoms with Crippen molar-refractivity contribution in [2.45, 2.75) is 19.3 Å². The lowest BCUT2D eigenvalue weighted by molar-refractivity contribution is 0.199. The van der Waals surface area contributed by atoms with Gasteiger partial charge in [-0.05, 0) is 19.4 Å². The molecule has 0 rings (SSSR count).